The van der Waals surface area contributed by atoms with E-state index in [2.05, 4.69) is 21.8 Å². The van der Waals surface area contributed by atoms with Crippen molar-refractivity contribution in [3.05, 3.63) is 22.4 Å². The van der Waals surface area contributed by atoms with Gasteiger partial charge >= 0.3 is 0 Å². The molecule has 0 aromatic carbocycles. The second-order valence-electron chi connectivity index (χ2n) is 6.03. The Kier molecular flexibility index (Phi) is 7.02. The topological polar surface area (TPSA) is 91.0 Å². The molecule has 2 rings (SSSR count). The van der Waals surface area contributed by atoms with Crippen molar-refractivity contribution >= 4 is 27.5 Å². The number of rotatable bonds is 7. The lowest BCUT2D eigenvalue weighted by Crippen LogP contribution is -2.50. The summed E-state index contributed by atoms with van der Waals surface area (Å²) in [6.45, 7) is 1.66. The van der Waals surface area contributed by atoms with Gasteiger partial charge in [0.1, 0.15) is 0 Å². The first kappa shape index (κ1) is 19.2. The molecule has 136 valence electrons. The summed E-state index contributed by atoms with van der Waals surface area (Å²) in [6, 6.07) is 4.00. The van der Waals surface area contributed by atoms with Crippen LogP contribution in [0.3, 0.4) is 0 Å². The number of piperidine rings is 1. The molecule has 1 aromatic rings. The van der Waals surface area contributed by atoms with Crippen molar-refractivity contribution in [2.24, 2.45) is 10.7 Å². The van der Waals surface area contributed by atoms with Crippen LogP contribution < -0.4 is 11.1 Å². The van der Waals surface area contributed by atoms with Crippen molar-refractivity contribution in [3.63, 3.8) is 0 Å². The van der Waals surface area contributed by atoms with Gasteiger partial charge in [-0.05, 0) is 30.7 Å². The molecule has 7 nitrogen and oxygen atoms in total. The molecule has 2 heterocycles. The van der Waals surface area contributed by atoms with Crippen LogP contribution in [0, 0.1) is 0 Å². The van der Waals surface area contributed by atoms with Gasteiger partial charge in [0.05, 0.1) is 6.54 Å². The number of guanidine groups is 1. The van der Waals surface area contributed by atoms with Crippen molar-refractivity contribution in [3.8, 4) is 0 Å². The number of hydrogen-bond acceptors (Lipinski definition) is 4. The molecule has 1 unspecified atom stereocenters. The van der Waals surface area contributed by atoms with Gasteiger partial charge in [-0.1, -0.05) is 12.5 Å². The van der Waals surface area contributed by atoms with Gasteiger partial charge in [0.2, 0.25) is 0 Å². The summed E-state index contributed by atoms with van der Waals surface area (Å²) in [5.74, 6) is 0.374. The minimum Gasteiger partial charge on any atom is -0.370 e. The quantitative estimate of drug-likeness (QED) is 0.548. The van der Waals surface area contributed by atoms with Gasteiger partial charge in [0.25, 0.3) is 10.2 Å². The molecule has 1 aliphatic heterocycles. The monoisotopic (exact) mass is 373 g/mol. The summed E-state index contributed by atoms with van der Waals surface area (Å²) in [4.78, 5) is 5.65. The third-order valence-corrected chi connectivity index (χ3v) is 6.99. The average Bonchev–Trinajstić information content (AvgIpc) is 3.06. The SMILES string of the molecule is CN(C)S(=O)(=O)N1CCCCC1CN=C(N)NCCc1cccs1. The van der Waals surface area contributed by atoms with Crippen molar-refractivity contribution < 1.29 is 8.42 Å². The van der Waals surface area contributed by atoms with Crippen LogP contribution in [0.1, 0.15) is 24.1 Å². The van der Waals surface area contributed by atoms with Crippen molar-refractivity contribution in [1.29, 1.82) is 0 Å². The highest BCUT2D eigenvalue weighted by Crippen LogP contribution is 2.21. The molecule has 1 fully saturated rings. The predicted octanol–water partition coefficient (Wildman–Crippen LogP) is 0.856. The van der Waals surface area contributed by atoms with Crippen LogP contribution in [-0.2, 0) is 16.6 Å². The van der Waals surface area contributed by atoms with Crippen LogP contribution in [0.5, 0.6) is 0 Å². The van der Waals surface area contributed by atoms with Gasteiger partial charge in [-0.3, -0.25) is 4.99 Å². The molecule has 1 aliphatic rings. The lowest BCUT2D eigenvalue weighted by Gasteiger charge is -2.35. The molecule has 0 radical (unpaired) electrons. The normalized spacial score (nSPS) is 20.5. The van der Waals surface area contributed by atoms with Crippen LogP contribution in [0.25, 0.3) is 0 Å². The van der Waals surface area contributed by atoms with E-state index in [1.54, 1.807) is 29.7 Å². The van der Waals surface area contributed by atoms with Crippen molar-refractivity contribution in [1.82, 2.24) is 13.9 Å². The fraction of sp³-hybridized carbons (Fsp3) is 0.667. The first-order valence-electron chi connectivity index (χ1n) is 8.16. The maximum Gasteiger partial charge on any atom is 0.281 e. The van der Waals surface area contributed by atoms with E-state index in [0.29, 0.717) is 19.0 Å². The first-order chi connectivity index (χ1) is 11.4. The molecular weight excluding hydrogens is 346 g/mol. The summed E-state index contributed by atoms with van der Waals surface area (Å²) in [6.07, 6.45) is 3.63. The summed E-state index contributed by atoms with van der Waals surface area (Å²) < 4.78 is 27.6. The van der Waals surface area contributed by atoms with Crippen LogP contribution in [0.15, 0.2) is 22.5 Å². The summed E-state index contributed by atoms with van der Waals surface area (Å²) >= 11 is 1.72. The van der Waals surface area contributed by atoms with Crippen LogP contribution in [-0.4, -0.2) is 62.8 Å². The Labute approximate surface area is 148 Å². The Morgan fingerprint density at radius 2 is 2.29 bits per heavy atom. The van der Waals surface area contributed by atoms with E-state index in [4.69, 9.17) is 5.73 Å². The summed E-state index contributed by atoms with van der Waals surface area (Å²) in [7, 11) is -0.285. The van der Waals surface area contributed by atoms with Gasteiger partial charge < -0.3 is 11.1 Å². The molecule has 0 bridgehead atoms. The third kappa shape index (κ3) is 5.17. The van der Waals surface area contributed by atoms with Crippen molar-refractivity contribution in [2.75, 3.05) is 33.7 Å². The fourth-order valence-electron chi connectivity index (χ4n) is 2.70. The lowest BCUT2D eigenvalue weighted by molar-refractivity contribution is 0.245. The third-order valence-electron chi connectivity index (χ3n) is 4.06. The summed E-state index contributed by atoms with van der Waals surface area (Å²) in [5.41, 5.74) is 5.91. The molecule has 9 heteroatoms. The van der Waals surface area contributed by atoms with E-state index in [1.165, 1.54) is 9.18 Å². The van der Waals surface area contributed by atoms with E-state index in [1.807, 2.05) is 6.07 Å². The molecule has 0 aliphatic carbocycles. The highest BCUT2D eigenvalue weighted by molar-refractivity contribution is 7.86. The van der Waals surface area contributed by atoms with Gasteiger partial charge in [-0.25, -0.2) is 0 Å². The maximum absolute atomic E-state index is 12.4. The number of thiophene rings is 1. The van der Waals surface area contributed by atoms with Gasteiger partial charge in [-0.15, -0.1) is 11.3 Å². The second kappa shape index (κ2) is 8.80. The van der Waals surface area contributed by atoms with Crippen LogP contribution in [0.4, 0.5) is 0 Å². The van der Waals surface area contributed by atoms with Crippen LogP contribution in [0.2, 0.25) is 0 Å². The number of nitrogens with two attached hydrogens (primary N) is 1. The molecule has 0 amide bonds. The average molecular weight is 374 g/mol. The zero-order valence-electron chi connectivity index (χ0n) is 14.3. The van der Waals surface area contributed by atoms with Crippen molar-refractivity contribution in [2.45, 2.75) is 31.7 Å². The number of aliphatic imine (C=N–C) groups is 1. The Morgan fingerprint density at radius 3 is 2.96 bits per heavy atom. The highest BCUT2D eigenvalue weighted by Gasteiger charge is 2.33. The summed E-state index contributed by atoms with van der Waals surface area (Å²) in [5, 5.41) is 5.14. The van der Waals surface area contributed by atoms with Gasteiger partial charge in [0, 0.05) is 38.1 Å². The van der Waals surface area contributed by atoms with Gasteiger partial charge in [0.15, 0.2) is 5.96 Å². The number of nitrogens with one attached hydrogen (secondary N) is 1. The predicted molar refractivity (Wildman–Crippen MR) is 99.5 cm³/mol. The highest BCUT2D eigenvalue weighted by atomic mass is 32.2. The van der Waals surface area contributed by atoms with Gasteiger partial charge in [-0.2, -0.15) is 17.0 Å². The number of hydrogen-bond donors (Lipinski definition) is 2. The van der Waals surface area contributed by atoms with Crippen LogP contribution >= 0.6 is 11.3 Å². The molecule has 3 N–H and O–H groups in total. The molecule has 24 heavy (non-hydrogen) atoms. The standard InChI is InChI=1S/C15H27N5O2S2/c1-19(2)24(21,22)20-10-4-3-6-13(20)12-18-15(16)17-9-8-14-7-5-11-23-14/h5,7,11,13H,3-4,6,8-10,12H2,1-2H3,(H3,16,17,18). The second-order valence-corrected chi connectivity index (χ2v) is 9.16. The number of nitrogens with zero attached hydrogens (tertiary/aromatic N) is 3. The molecule has 0 spiro atoms. The molecule has 1 saturated heterocycles. The molecular formula is C15H27N5O2S2. The van der Waals surface area contributed by atoms with E-state index in [9.17, 15) is 8.42 Å². The Balaban J connectivity index is 1.87. The van der Waals surface area contributed by atoms with E-state index in [0.717, 1.165) is 32.2 Å². The Bertz CT molecular complexity index is 628. The Morgan fingerprint density at radius 1 is 1.50 bits per heavy atom. The maximum atomic E-state index is 12.4. The van der Waals surface area contributed by atoms with E-state index in [-0.39, 0.29) is 6.04 Å². The molecule has 1 aromatic heterocycles. The minimum atomic E-state index is -3.41. The minimum absolute atomic E-state index is 0.121. The zero-order chi connectivity index (χ0) is 17.6. The zero-order valence-corrected chi connectivity index (χ0v) is 15.9. The molecule has 0 saturated carbocycles. The largest absolute Gasteiger partial charge is 0.370 e. The van der Waals surface area contributed by atoms with E-state index >= 15 is 0 Å². The fourth-order valence-corrected chi connectivity index (χ4v) is 4.74. The molecule has 1 atom stereocenters. The van der Waals surface area contributed by atoms with E-state index < -0.39 is 10.2 Å². The first-order valence-corrected chi connectivity index (χ1v) is 10.4. The smallest absolute Gasteiger partial charge is 0.281 e. The lowest BCUT2D eigenvalue weighted by atomic mass is 10.1. The Hall–Kier alpha value is -1.16.